The zero-order valence-corrected chi connectivity index (χ0v) is 31.7. The number of aromatic nitrogens is 1. The minimum Gasteiger partial charge on any atom is -0.508 e. The SMILES string of the molecule is CC(C)CC1NC(=O)CNC(=O)C(Cc2ccc(O)cc2)NC(=O)C2CCCN2C(=O)C(Cc2c[nH]c3ccccc23)NC(=O)C(CCCN=C(N)N)NC1=O. The quantitative estimate of drug-likeness (QED) is 0.0751. The van der Waals surface area contributed by atoms with E-state index in [1.165, 1.54) is 17.0 Å². The molecule has 11 N–H and O–H groups in total. The first-order valence-electron chi connectivity index (χ1n) is 19.0. The van der Waals surface area contributed by atoms with Crippen molar-refractivity contribution in [2.24, 2.45) is 22.4 Å². The number of carbonyl (C=O) groups excluding carboxylic acids is 6. The molecule has 2 aromatic carbocycles. The molecule has 300 valence electrons. The summed E-state index contributed by atoms with van der Waals surface area (Å²) < 4.78 is 0. The van der Waals surface area contributed by atoms with Crippen LogP contribution < -0.4 is 38.1 Å². The standard InChI is InChI=1S/C39H52N10O7/c1-22(2)17-29-36(54)46-28(9-5-15-42-39(40)41)35(53)48-31(19-24-20-43-27-8-4-3-7-26(24)27)38(56)49-16-6-10-32(49)37(55)47-30(34(52)44-21-33(51)45-29)18-23-11-13-25(50)14-12-23/h3-4,7-8,11-14,20,22,28-32,43,50H,5-6,9-10,15-19,21H2,1-2H3,(H,44,52)(H,45,51)(H,46,54)(H,47,55)(H,48,53)(H4,40,41,42). The van der Waals surface area contributed by atoms with Crippen molar-refractivity contribution in [3.05, 3.63) is 65.9 Å². The molecule has 0 bridgehead atoms. The molecule has 56 heavy (non-hydrogen) atoms. The van der Waals surface area contributed by atoms with Crippen LogP contribution in [0.25, 0.3) is 10.9 Å². The second-order valence-corrected chi connectivity index (χ2v) is 14.7. The number of H-pyrrole nitrogens is 1. The number of para-hydroxylation sites is 1. The van der Waals surface area contributed by atoms with Crippen molar-refractivity contribution in [2.45, 2.75) is 89.0 Å². The third kappa shape index (κ3) is 11.0. The fraction of sp³-hybridized carbons (Fsp3) is 0.462. The number of benzene rings is 2. The molecule has 0 radical (unpaired) electrons. The topological polar surface area (TPSA) is 266 Å². The highest BCUT2D eigenvalue weighted by Gasteiger charge is 2.40. The zero-order chi connectivity index (χ0) is 40.4. The first-order valence-corrected chi connectivity index (χ1v) is 19.0. The largest absolute Gasteiger partial charge is 0.508 e. The van der Waals surface area contributed by atoms with Crippen LogP contribution in [0.15, 0.2) is 59.7 Å². The average molecular weight is 773 g/mol. The molecule has 2 fully saturated rings. The summed E-state index contributed by atoms with van der Waals surface area (Å²) >= 11 is 0. The molecule has 5 unspecified atom stereocenters. The van der Waals surface area contributed by atoms with Gasteiger partial charge in [-0.1, -0.05) is 44.2 Å². The smallest absolute Gasteiger partial charge is 0.246 e. The van der Waals surface area contributed by atoms with Gasteiger partial charge in [-0.15, -0.1) is 0 Å². The maximum Gasteiger partial charge on any atom is 0.246 e. The van der Waals surface area contributed by atoms with Gasteiger partial charge in [0.1, 0.15) is 36.0 Å². The number of nitrogens with two attached hydrogens (primary N) is 2. The van der Waals surface area contributed by atoms with Crippen molar-refractivity contribution in [3.63, 3.8) is 0 Å². The molecule has 0 aliphatic carbocycles. The number of aromatic amines is 1. The molecule has 5 atom stereocenters. The van der Waals surface area contributed by atoms with Crippen molar-refractivity contribution in [2.75, 3.05) is 19.6 Å². The van der Waals surface area contributed by atoms with Gasteiger partial charge in [0.15, 0.2) is 5.96 Å². The predicted molar refractivity (Wildman–Crippen MR) is 209 cm³/mol. The number of hydrogen-bond donors (Lipinski definition) is 9. The molecule has 3 aromatic rings. The first kappa shape index (κ1) is 41.0. The van der Waals surface area contributed by atoms with E-state index >= 15 is 0 Å². The third-order valence-electron chi connectivity index (χ3n) is 9.92. The van der Waals surface area contributed by atoms with Crippen molar-refractivity contribution in [1.82, 2.24) is 36.5 Å². The maximum atomic E-state index is 14.6. The van der Waals surface area contributed by atoms with Crippen molar-refractivity contribution in [1.29, 1.82) is 0 Å². The van der Waals surface area contributed by atoms with Gasteiger partial charge >= 0.3 is 0 Å². The van der Waals surface area contributed by atoms with Crippen LogP contribution in [-0.4, -0.2) is 106 Å². The van der Waals surface area contributed by atoms with Gasteiger partial charge in [0.25, 0.3) is 0 Å². The molecule has 6 amide bonds. The van der Waals surface area contributed by atoms with Crippen LogP contribution in [0.5, 0.6) is 5.75 Å². The van der Waals surface area contributed by atoms with Crippen molar-refractivity contribution >= 4 is 52.3 Å². The highest BCUT2D eigenvalue weighted by atomic mass is 16.3. The minimum atomic E-state index is -1.16. The Morgan fingerprint density at radius 3 is 2.27 bits per heavy atom. The number of aliphatic imine (C=N–C) groups is 1. The van der Waals surface area contributed by atoms with Crippen LogP contribution >= 0.6 is 0 Å². The highest BCUT2D eigenvalue weighted by Crippen LogP contribution is 2.24. The molecule has 1 aromatic heterocycles. The summed E-state index contributed by atoms with van der Waals surface area (Å²) in [5.74, 6) is -3.81. The molecule has 17 heteroatoms. The lowest BCUT2D eigenvalue weighted by molar-refractivity contribution is -0.142. The Morgan fingerprint density at radius 1 is 0.839 bits per heavy atom. The average Bonchev–Trinajstić information content (AvgIpc) is 3.82. The molecule has 5 rings (SSSR count). The summed E-state index contributed by atoms with van der Waals surface area (Å²) in [7, 11) is 0. The summed E-state index contributed by atoms with van der Waals surface area (Å²) in [5, 5.41) is 24.4. The Labute approximate surface area is 324 Å². The highest BCUT2D eigenvalue weighted by molar-refractivity contribution is 5.98. The molecule has 3 heterocycles. The fourth-order valence-electron chi connectivity index (χ4n) is 7.12. The lowest BCUT2D eigenvalue weighted by Gasteiger charge is -2.31. The van der Waals surface area contributed by atoms with E-state index in [0.717, 1.165) is 16.5 Å². The van der Waals surface area contributed by atoms with E-state index in [-0.39, 0.29) is 56.4 Å². The number of carbonyl (C=O) groups is 6. The third-order valence-corrected chi connectivity index (χ3v) is 9.92. The number of phenols is 1. The van der Waals surface area contributed by atoms with Gasteiger partial charge in [0.05, 0.1) is 6.54 Å². The van der Waals surface area contributed by atoms with Gasteiger partial charge in [-0.25, -0.2) is 0 Å². The van der Waals surface area contributed by atoms with E-state index in [0.29, 0.717) is 24.8 Å². The summed E-state index contributed by atoms with van der Waals surface area (Å²) in [5.41, 5.74) is 13.2. The van der Waals surface area contributed by atoms with Gasteiger partial charge in [-0.2, -0.15) is 0 Å². The second kappa shape index (κ2) is 19.0. The number of rotatable bonds is 10. The first-order chi connectivity index (χ1) is 26.8. The Hall–Kier alpha value is -6.13. The summed E-state index contributed by atoms with van der Waals surface area (Å²) in [6.45, 7) is 3.63. The number of nitrogens with zero attached hydrogens (tertiary/aromatic N) is 2. The summed E-state index contributed by atoms with van der Waals surface area (Å²) in [6.07, 6.45) is 3.25. The van der Waals surface area contributed by atoms with Gasteiger partial charge in [0.2, 0.25) is 35.4 Å². The van der Waals surface area contributed by atoms with Gasteiger partial charge in [0, 0.05) is 43.0 Å². The van der Waals surface area contributed by atoms with Crippen LogP contribution in [0.1, 0.15) is 57.1 Å². The number of aromatic hydroxyl groups is 1. The van der Waals surface area contributed by atoms with Crippen LogP contribution in [0.3, 0.4) is 0 Å². The number of fused-ring (bicyclic) bond motifs is 2. The Bertz CT molecular complexity index is 1920. The van der Waals surface area contributed by atoms with E-state index in [4.69, 9.17) is 11.5 Å². The molecule has 17 nitrogen and oxygen atoms in total. The van der Waals surface area contributed by atoms with E-state index in [9.17, 15) is 33.9 Å². The Balaban J connectivity index is 1.51. The number of hydrogen-bond acceptors (Lipinski definition) is 8. The molecular formula is C39H52N10O7. The normalized spacial score (nSPS) is 23.0. The molecule has 2 aliphatic heterocycles. The molecular weight excluding hydrogens is 720 g/mol. The molecule has 0 spiro atoms. The summed E-state index contributed by atoms with van der Waals surface area (Å²) in [4.78, 5) is 92.2. The Morgan fingerprint density at radius 2 is 1.54 bits per heavy atom. The van der Waals surface area contributed by atoms with Crippen LogP contribution in [0.4, 0.5) is 0 Å². The molecule has 2 aliphatic rings. The maximum absolute atomic E-state index is 14.6. The zero-order valence-electron chi connectivity index (χ0n) is 31.7. The second-order valence-electron chi connectivity index (χ2n) is 14.7. The van der Waals surface area contributed by atoms with Gasteiger partial charge < -0.3 is 53.0 Å². The van der Waals surface area contributed by atoms with E-state index in [1.807, 2.05) is 38.1 Å². The van der Waals surface area contributed by atoms with Gasteiger partial charge in [-0.05, 0) is 67.3 Å². The number of phenolic OH excluding ortho intramolecular Hbond substituents is 1. The minimum absolute atomic E-state index is 0.0162. The van der Waals surface area contributed by atoms with Crippen LogP contribution in [0, 0.1) is 5.92 Å². The Kier molecular flexibility index (Phi) is 13.9. The number of nitrogens with one attached hydrogen (secondary N) is 6. The van der Waals surface area contributed by atoms with Crippen molar-refractivity contribution in [3.8, 4) is 5.75 Å². The van der Waals surface area contributed by atoms with E-state index in [2.05, 4.69) is 36.6 Å². The number of amides is 6. The van der Waals surface area contributed by atoms with Crippen molar-refractivity contribution < 1.29 is 33.9 Å². The lowest BCUT2D eigenvalue weighted by atomic mass is 10.0. The van der Waals surface area contributed by atoms with E-state index in [1.54, 1.807) is 18.3 Å². The van der Waals surface area contributed by atoms with Crippen LogP contribution in [-0.2, 0) is 41.6 Å². The molecule has 2 saturated heterocycles. The molecule has 0 saturated carbocycles. The number of guanidine groups is 1. The fourth-order valence-corrected chi connectivity index (χ4v) is 7.12. The summed E-state index contributed by atoms with van der Waals surface area (Å²) in [6, 6.07) is 8.15. The predicted octanol–water partition coefficient (Wildman–Crippen LogP) is -0.182. The monoisotopic (exact) mass is 772 g/mol. The van der Waals surface area contributed by atoms with Crippen LogP contribution in [0.2, 0.25) is 0 Å². The van der Waals surface area contributed by atoms with E-state index < -0.39 is 72.2 Å². The lowest BCUT2D eigenvalue weighted by Crippen LogP contribution is -2.60. The van der Waals surface area contributed by atoms with Gasteiger partial charge in [-0.3, -0.25) is 33.8 Å².